The summed E-state index contributed by atoms with van der Waals surface area (Å²) in [5, 5.41) is 3.31. The van der Waals surface area contributed by atoms with Gasteiger partial charge in [-0.15, -0.1) is 24.2 Å². The second kappa shape index (κ2) is 5.19. The topological polar surface area (TPSA) is 12.0 Å². The lowest BCUT2D eigenvalue weighted by Gasteiger charge is -2.34. The van der Waals surface area contributed by atoms with Crippen LogP contribution in [0.1, 0.15) is 24.0 Å². The number of alkyl halides is 3. The highest BCUT2D eigenvalue weighted by molar-refractivity contribution is 7.99. The number of piperidine rings is 1. The van der Waals surface area contributed by atoms with Crippen LogP contribution in [0.3, 0.4) is 0 Å². The predicted octanol–water partition coefficient (Wildman–Crippen LogP) is 3.85. The van der Waals surface area contributed by atoms with E-state index in [0.717, 1.165) is 42.1 Å². The lowest BCUT2D eigenvalue weighted by Crippen LogP contribution is -2.40. The second-order valence-corrected chi connectivity index (χ2v) is 6.04. The van der Waals surface area contributed by atoms with Crippen LogP contribution in [-0.2, 0) is 11.6 Å². The molecule has 1 fully saturated rings. The zero-order valence-corrected chi connectivity index (χ0v) is 11.9. The molecule has 2 heterocycles. The summed E-state index contributed by atoms with van der Waals surface area (Å²) < 4.78 is 38.0. The van der Waals surface area contributed by atoms with E-state index in [0.29, 0.717) is 0 Å². The number of halogens is 4. The predicted molar refractivity (Wildman–Crippen MR) is 73.2 cm³/mol. The SMILES string of the molecule is Cl.FC(F)(F)c1ccc2c(c1)SCC21CCNCC1. The minimum absolute atomic E-state index is 0. The Hall–Kier alpha value is -0.390. The third-order valence-corrected chi connectivity index (χ3v) is 5.29. The van der Waals surface area contributed by atoms with E-state index in [4.69, 9.17) is 0 Å². The van der Waals surface area contributed by atoms with Gasteiger partial charge in [0, 0.05) is 16.1 Å². The standard InChI is InChI=1S/C13H14F3NS.ClH/c14-13(15,16)9-1-2-10-11(7-9)18-8-12(10)3-5-17-6-4-12;/h1-2,7,17H,3-6,8H2;1H. The van der Waals surface area contributed by atoms with Crippen LogP contribution >= 0.6 is 24.2 Å². The Morgan fingerprint density at radius 3 is 2.47 bits per heavy atom. The first kappa shape index (κ1) is 15.0. The van der Waals surface area contributed by atoms with E-state index in [1.54, 1.807) is 17.8 Å². The summed E-state index contributed by atoms with van der Waals surface area (Å²) in [6.45, 7) is 1.92. The third-order valence-electron chi connectivity index (χ3n) is 3.94. The highest BCUT2D eigenvalue weighted by Gasteiger charge is 2.41. The summed E-state index contributed by atoms with van der Waals surface area (Å²) >= 11 is 1.58. The molecular weight excluding hydrogens is 295 g/mol. The Kier molecular flexibility index (Phi) is 4.10. The van der Waals surface area contributed by atoms with Gasteiger partial charge in [-0.05, 0) is 43.6 Å². The first-order chi connectivity index (χ1) is 8.51. The second-order valence-electron chi connectivity index (χ2n) is 5.03. The van der Waals surface area contributed by atoms with Crippen molar-refractivity contribution in [1.82, 2.24) is 5.32 Å². The van der Waals surface area contributed by atoms with Crippen molar-refractivity contribution in [2.75, 3.05) is 18.8 Å². The molecule has 0 radical (unpaired) electrons. The van der Waals surface area contributed by atoms with Crippen LogP contribution in [-0.4, -0.2) is 18.8 Å². The van der Waals surface area contributed by atoms with Crippen molar-refractivity contribution < 1.29 is 13.2 Å². The lowest BCUT2D eigenvalue weighted by molar-refractivity contribution is -0.137. The number of thioether (sulfide) groups is 1. The van der Waals surface area contributed by atoms with Crippen molar-refractivity contribution in [3.63, 3.8) is 0 Å². The molecular formula is C13H15ClF3NS. The molecule has 1 nitrogen and oxygen atoms in total. The van der Waals surface area contributed by atoms with Crippen molar-refractivity contribution in [3.8, 4) is 0 Å². The van der Waals surface area contributed by atoms with E-state index in [1.807, 2.05) is 0 Å². The van der Waals surface area contributed by atoms with Gasteiger partial charge in [0.1, 0.15) is 0 Å². The highest BCUT2D eigenvalue weighted by atomic mass is 35.5. The van der Waals surface area contributed by atoms with Gasteiger partial charge in [0.05, 0.1) is 5.56 Å². The minimum atomic E-state index is -4.24. The molecule has 19 heavy (non-hydrogen) atoms. The van der Waals surface area contributed by atoms with Crippen molar-refractivity contribution in [2.45, 2.75) is 29.3 Å². The van der Waals surface area contributed by atoms with Gasteiger partial charge in [-0.3, -0.25) is 0 Å². The van der Waals surface area contributed by atoms with Gasteiger partial charge in [0.25, 0.3) is 0 Å². The summed E-state index contributed by atoms with van der Waals surface area (Å²) in [6, 6.07) is 4.24. The summed E-state index contributed by atoms with van der Waals surface area (Å²) in [5.41, 5.74) is 0.705. The molecule has 1 spiro atoms. The van der Waals surface area contributed by atoms with Gasteiger partial charge >= 0.3 is 6.18 Å². The zero-order valence-electron chi connectivity index (χ0n) is 10.2. The Labute approximate surface area is 120 Å². The van der Waals surface area contributed by atoms with Crippen molar-refractivity contribution >= 4 is 24.2 Å². The van der Waals surface area contributed by atoms with E-state index in [-0.39, 0.29) is 17.8 Å². The number of rotatable bonds is 0. The number of benzene rings is 1. The molecule has 2 aliphatic rings. The Morgan fingerprint density at radius 1 is 1.16 bits per heavy atom. The van der Waals surface area contributed by atoms with Crippen LogP contribution in [0.15, 0.2) is 23.1 Å². The van der Waals surface area contributed by atoms with E-state index >= 15 is 0 Å². The number of fused-ring (bicyclic) bond motifs is 2. The fourth-order valence-corrected chi connectivity index (χ4v) is 4.40. The van der Waals surface area contributed by atoms with E-state index in [1.165, 1.54) is 12.1 Å². The zero-order chi connectivity index (χ0) is 12.8. The molecule has 106 valence electrons. The highest BCUT2D eigenvalue weighted by Crippen LogP contribution is 2.49. The largest absolute Gasteiger partial charge is 0.416 e. The first-order valence-corrected chi connectivity index (χ1v) is 7.05. The van der Waals surface area contributed by atoms with Crippen LogP contribution < -0.4 is 5.32 Å². The molecule has 0 unspecified atom stereocenters. The molecule has 1 aromatic carbocycles. The average molecular weight is 310 g/mol. The van der Waals surface area contributed by atoms with Crippen molar-refractivity contribution in [1.29, 1.82) is 0 Å². The molecule has 2 aliphatic heterocycles. The molecule has 0 amide bonds. The Morgan fingerprint density at radius 2 is 1.84 bits per heavy atom. The van der Waals surface area contributed by atoms with E-state index < -0.39 is 11.7 Å². The molecule has 0 saturated carbocycles. The summed E-state index contributed by atoms with van der Waals surface area (Å²) in [5.74, 6) is 0.922. The molecule has 1 aromatic rings. The van der Waals surface area contributed by atoms with Crippen LogP contribution in [0.5, 0.6) is 0 Å². The quantitative estimate of drug-likeness (QED) is 0.781. The van der Waals surface area contributed by atoms with Crippen molar-refractivity contribution in [2.24, 2.45) is 0 Å². The van der Waals surface area contributed by atoms with E-state index in [2.05, 4.69) is 5.32 Å². The van der Waals surface area contributed by atoms with Gasteiger partial charge in [-0.25, -0.2) is 0 Å². The van der Waals surface area contributed by atoms with E-state index in [9.17, 15) is 13.2 Å². The summed E-state index contributed by atoms with van der Waals surface area (Å²) in [4.78, 5) is 0.826. The molecule has 0 atom stereocenters. The lowest BCUT2D eigenvalue weighted by atomic mass is 9.75. The summed E-state index contributed by atoms with van der Waals surface area (Å²) in [6.07, 6.45) is -2.18. The fraction of sp³-hybridized carbons (Fsp3) is 0.538. The molecule has 3 rings (SSSR count). The van der Waals surface area contributed by atoms with Crippen LogP contribution in [0.4, 0.5) is 13.2 Å². The maximum absolute atomic E-state index is 12.7. The minimum Gasteiger partial charge on any atom is -0.317 e. The monoisotopic (exact) mass is 309 g/mol. The van der Waals surface area contributed by atoms with Crippen LogP contribution in [0.2, 0.25) is 0 Å². The maximum atomic E-state index is 12.7. The molecule has 0 bridgehead atoms. The molecule has 1 N–H and O–H groups in total. The average Bonchev–Trinajstić information content (AvgIpc) is 2.68. The molecule has 0 aliphatic carbocycles. The number of hydrogen-bond donors (Lipinski definition) is 1. The third kappa shape index (κ3) is 2.60. The van der Waals surface area contributed by atoms with Gasteiger partial charge in [0.2, 0.25) is 0 Å². The number of nitrogens with one attached hydrogen (secondary N) is 1. The normalized spacial score (nSPS) is 21.0. The molecule has 0 aromatic heterocycles. The maximum Gasteiger partial charge on any atom is 0.416 e. The summed E-state index contributed by atoms with van der Waals surface area (Å²) in [7, 11) is 0. The Balaban J connectivity index is 0.00000133. The molecule has 1 saturated heterocycles. The van der Waals surface area contributed by atoms with Gasteiger partial charge in [-0.2, -0.15) is 13.2 Å². The van der Waals surface area contributed by atoms with Crippen molar-refractivity contribution in [3.05, 3.63) is 29.3 Å². The number of hydrogen-bond acceptors (Lipinski definition) is 2. The van der Waals surface area contributed by atoms with Gasteiger partial charge in [0.15, 0.2) is 0 Å². The van der Waals surface area contributed by atoms with Crippen LogP contribution in [0, 0.1) is 0 Å². The Bertz CT molecular complexity index is 469. The molecule has 6 heteroatoms. The van der Waals surface area contributed by atoms with Crippen LogP contribution in [0.25, 0.3) is 0 Å². The first-order valence-electron chi connectivity index (χ1n) is 6.07. The van der Waals surface area contributed by atoms with Gasteiger partial charge < -0.3 is 5.32 Å². The smallest absolute Gasteiger partial charge is 0.317 e. The van der Waals surface area contributed by atoms with Gasteiger partial charge in [-0.1, -0.05) is 6.07 Å². The fourth-order valence-electron chi connectivity index (χ4n) is 2.87.